The van der Waals surface area contributed by atoms with Gasteiger partial charge in [-0.15, -0.1) is 11.3 Å². The number of hydrogen-bond acceptors (Lipinski definition) is 4. The predicted octanol–water partition coefficient (Wildman–Crippen LogP) is 3.52. The highest BCUT2D eigenvalue weighted by molar-refractivity contribution is 7.11. The average molecular weight is 395 g/mol. The summed E-state index contributed by atoms with van der Waals surface area (Å²) in [5.41, 5.74) is 1.35. The van der Waals surface area contributed by atoms with Crippen molar-refractivity contribution in [1.29, 1.82) is 0 Å². The fourth-order valence-electron chi connectivity index (χ4n) is 2.85. The lowest BCUT2D eigenvalue weighted by Gasteiger charge is -2.19. The molecule has 0 radical (unpaired) electrons. The lowest BCUT2D eigenvalue weighted by atomic mass is 10.1. The van der Waals surface area contributed by atoms with Crippen LogP contribution in [0.25, 0.3) is 10.9 Å². The summed E-state index contributed by atoms with van der Waals surface area (Å²) in [6, 6.07) is 5.32. The molecule has 142 valence electrons. The third-order valence-electron chi connectivity index (χ3n) is 4.13. The van der Waals surface area contributed by atoms with Gasteiger partial charge in [0.15, 0.2) is 5.43 Å². The van der Waals surface area contributed by atoms with Crippen LogP contribution in [0.15, 0.2) is 34.6 Å². The number of carbonyl (C=O) groups is 1. The largest absolute Gasteiger partial charge is 0.431 e. The van der Waals surface area contributed by atoms with E-state index < -0.39 is 17.3 Å². The maximum absolute atomic E-state index is 13.4. The molecule has 1 aromatic carbocycles. The lowest BCUT2D eigenvalue weighted by Crippen LogP contribution is -2.30. The summed E-state index contributed by atoms with van der Waals surface area (Å²) >= 11 is 1.17. The number of thiazole rings is 1. The third-order valence-corrected chi connectivity index (χ3v) is 5.06. The molecule has 0 aliphatic carbocycles. The summed E-state index contributed by atoms with van der Waals surface area (Å²) in [6.07, 6.45) is -4.68. The maximum Gasteiger partial charge on any atom is 0.431 e. The van der Waals surface area contributed by atoms with Gasteiger partial charge in [0.1, 0.15) is 10.6 Å². The summed E-state index contributed by atoms with van der Waals surface area (Å²) < 4.78 is 41.4. The highest BCUT2D eigenvalue weighted by Gasteiger charge is 2.35. The van der Waals surface area contributed by atoms with Crippen molar-refractivity contribution in [3.05, 3.63) is 61.8 Å². The number of halogens is 3. The van der Waals surface area contributed by atoms with Crippen molar-refractivity contribution in [3.63, 3.8) is 0 Å². The quantitative estimate of drug-likeness (QED) is 0.735. The van der Waals surface area contributed by atoms with E-state index in [0.717, 1.165) is 10.1 Å². The van der Waals surface area contributed by atoms with Crippen LogP contribution in [-0.2, 0) is 12.7 Å². The molecule has 9 heteroatoms. The average Bonchev–Trinajstić information content (AvgIpc) is 3.02. The Labute approximate surface area is 156 Å². The highest BCUT2D eigenvalue weighted by atomic mass is 32.1. The van der Waals surface area contributed by atoms with E-state index in [2.05, 4.69) is 10.3 Å². The number of benzene rings is 1. The number of alkyl halides is 3. The van der Waals surface area contributed by atoms with E-state index in [4.69, 9.17) is 0 Å². The number of amides is 1. The van der Waals surface area contributed by atoms with Gasteiger partial charge in [-0.3, -0.25) is 9.59 Å². The normalized spacial score (nSPS) is 11.7. The second kappa shape index (κ2) is 7.15. The van der Waals surface area contributed by atoms with Crippen LogP contribution >= 0.6 is 11.3 Å². The molecule has 0 unspecified atom stereocenters. The first kappa shape index (κ1) is 19.1. The minimum Gasteiger partial charge on any atom is -0.349 e. The molecule has 27 heavy (non-hydrogen) atoms. The Hall–Kier alpha value is -2.68. The molecular weight excluding hydrogens is 379 g/mol. The van der Waals surface area contributed by atoms with Gasteiger partial charge in [0.05, 0.1) is 16.7 Å². The minimum atomic E-state index is -4.68. The SMILES string of the molecule is Cc1ccc2c(c1)c(=O)cc(C(F)(F)F)n2CCNC(=O)c1scnc1C. The van der Waals surface area contributed by atoms with Gasteiger partial charge < -0.3 is 9.88 Å². The summed E-state index contributed by atoms with van der Waals surface area (Å²) in [4.78, 5) is 28.7. The molecule has 0 aliphatic heterocycles. The number of nitrogens with zero attached hydrogens (tertiary/aromatic N) is 2. The van der Waals surface area contributed by atoms with Crippen LogP contribution in [0, 0.1) is 13.8 Å². The van der Waals surface area contributed by atoms with Gasteiger partial charge in [-0.25, -0.2) is 4.98 Å². The fraction of sp³-hybridized carbons (Fsp3) is 0.278. The highest BCUT2D eigenvalue weighted by Crippen LogP contribution is 2.30. The Kier molecular flexibility index (Phi) is 5.05. The zero-order valence-corrected chi connectivity index (χ0v) is 15.4. The Morgan fingerprint density at radius 1 is 1.26 bits per heavy atom. The van der Waals surface area contributed by atoms with Crippen molar-refractivity contribution >= 4 is 28.1 Å². The Balaban J connectivity index is 1.94. The molecule has 1 amide bonds. The number of aromatic nitrogens is 2. The minimum absolute atomic E-state index is 0.0227. The van der Waals surface area contributed by atoms with Crippen LogP contribution in [0.2, 0.25) is 0 Å². The predicted molar refractivity (Wildman–Crippen MR) is 97.1 cm³/mol. The van der Waals surface area contributed by atoms with E-state index >= 15 is 0 Å². The molecule has 0 saturated heterocycles. The fourth-order valence-corrected chi connectivity index (χ4v) is 3.57. The van der Waals surface area contributed by atoms with Gasteiger partial charge in [0.2, 0.25) is 0 Å². The van der Waals surface area contributed by atoms with E-state index in [1.54, 1.807) is 26.0 Å². The van der Waals surface area contributed by atoms with Crippen LogP contribution < -0.4 is 10.7 Å². The third kappa shape index (κ3) is 3.87. The number of aryl methyl sites for hydroxylation is 2. The van der Waals surface area contributed by atoms with E-state index in [1.165, 1.54) is 22.9 Å². The number of hydrogen-bond donors (Lipinski definition) is 1. The van der Waals surface area contributed by atoms with Gasteiger partial charge >= 0.3 is 6.18 Å². The molecule has 0 atom stereocenters. The number of rotatable bonds is 4. The summed E-state index contributed by atoms with van der Waals surface area (Å²) in [6.45, 7) is 3.30. The van der Waals surface area contributed by atoms with Crippen LogP contribution in [0.3, 0.4) is 0 Å². The lowest BCUT2D eigenvalue weighted by molar-refractivity contribution is -0.143. The first-order chi connectivity index (χ1) is 12.7. The maximum atomic E-state index is 13.4. The van der Waals surface area contributed by atoms with Crippen LogP contribution in [-0.4, -0.2) is 22.0 Å². The van der Waals surface area contributed by atoms with Gasteiger partial charge in [0, 0.05) is 24.5 Å². The number of nitrogens with one attached hydrogen (secondary N) is 1. The van der Waals surface area contributed by atoms with E-state index in [1.807, 2.05) is 0 Å². The molecule has 0 spiro atoms. The van der Waals surface area contributed by atoms with Crippen molar-refractivity contribution in [3.8, 4) is 0 Å². The topological polar surface area (TPSA) is 64.0 Å². The molecule has 5 nitrogen and oxygen atoms in total. The van der Waals surface area contributed by atoms with E-state index in [9.17, 15) is 22.8 Å². The van der Waals surface area contributed by atoms with Gasteiger partial charge in [-0.1, -0.05) is 11.6 Å². The van der Waals surface area contributed by atoms with Crippen molar-refractivity contribution in [1.82, 2.24) is 14.9 Å². The summed E-state index contributed by atoms with van der Waals surface area (Å²) in [5.74, 6) is -0.384. The molecular formula is C18H16F3N3O2S. The van der Waals surface area contributed by atoms with Gasteiger partial charge in [0.25, 0.3) is 5.91 Å². The number of pyridine rings is 1. The standard InChI is InChI=1S/C18H16F3N3O2S/c1-10-3-4-13-12(7-10)14(25)8-15(18(19,20)21)24(13)6-5-22-17(26)16-11(2)23-9-27-16/h3-4,7-9H,5-6H2,1-2H3,(H,22,26). The Bertz CT molecular complexity index is 1070. The molecule has 2 aromatic heterocycles. The molecule has 2 heterocycles. The summed E-state index contributed by atoms with van der Waals surface area (Å²) in [7, 11) is 0. The first-order valence-corrected chi connectivity index (χ1v) is 8.96. The Morgan fingerprint density at radius 3 is 2.63 bits per heavy atom. The smallest absolute Gasteiger partial charge is 0.349 e. The van der Waals surface area contributed by atoms with Crippen molar-refractivity contribution in [2.75, 3.05) is 6.54 Å². The van der Waals surface area contributed by atoms with Gasteiger partial charge in [-0.2, -0.15) is 13.2 Å². The van der Waals surface area contributed by atoms with Crippen LogP contribution in [0.1, 0.15) is 26.6 Å². The molecule has 1 N–H and O–H groups in total. The van der Waals surface area contributed by atoms with Gasteiger partial charge in [-0.05, 0) is 26.0 Å². The number of fused-ring (bicyclic) bond motifs is 1. The van der Waals surface area contributed by atoms with E-state index in [0.29, 0.717) is 16.6 Å². The van der Waals surface area contributed by atoms with Crippen molar-refractivity contribution in [2.45, 2.75) is 26.6 Å². The Morgan fingerprint density at radius 2 is 2.00 bits per heavy atom. The van der Waals surface area contributed by atoms with E-state index in [-0.39, 0.29) is 29.9 Å². The molecule has 0 aliphatic rings. The van der Waals surface area contributed by atoms with Crippen LogP contribution in [0.5, 0.6) is 0 Å². The summed E-state index contributed by atoms with van der Waals surface area (Å²) in [5, 5.41) is 2.82. The molecule has 0 fully saturated rings. The van der Waals surface area contributed by atoms with Crippen LogP contribution in [0.4, 0.5) is 13.2 Å². The van der Waals surface area contributed by atoms with Crippen molar-refractivity contribution < 1.29 is 18.0 Å². The monoisotopic (exact) mass is 395 g/mol. The zero-order valence-electron chi connectivity index (χ0n) is 14.6. The first-order valence-electron chi connectivity index (χ1n) is 8.08. The molecule has 0 saturated carbocycles. The molecule has 3 rings (SSSR count). The second-order valence-electron chi connectivity index (χ2n) is 6.09. The molecule has 3 aromatic rings. The zero-order chi connectivity index (χ0) is 19.8. The second-order valence-corrected chi connectivity index (χ2v) is 6.94. The number of carbonyl (C=O) groups excluding carboxylic acids is 1. The van der Waals surface area contributed by atoms with Crippen molar-refractivity contribution in [2.24, 2.45) is 0 Å². The molecule has 0 bridgehead atoms.